The Hall–Kier alpha value is -0.380. The van der Waals surface area contributed by atoms with Crippen LogP contribution < -0.4 is 0 Å². The summed E-state index contributed by atoms with van der Waals surface area (Å²) in [6.07, 6.45) is 1.15. The van der Waals surface area contributed by atoms with E-state index in [4.69, 9.17) is 0 Å². The Morgan fingerprint density at radius 3 is 2.11 bits per heavy atom. The molecule has 0 aliphatic heterocycles. The third kappa shape index (κ3) is 3.24. The van der Waals surface area contributed by atoms with Crippen LogP contribution in [0.3, 0.4) is 0 Å². The van der Waals surface area contributed by atoms with Crippen molar-refractivity contribution >= 4 is 14.9 Å². The Kier molecular flexibility index (Phi) is 2.84. The monoisotopic (exact) mass is 149 g/mol. The van der Waals surface area contributed by atoms with E-state index in [1.807, 2.05) is 0 Å². The molecule has 0 atom stereocenters. The Morgan fingerprint density at radius 1 is 1.56 bits per heavy atom. The molecule has 0 saturated heterocycles. The van der Waals surface area contributed by atoms with Crippen LogP contribution in [0.1, 0.15) is 13.8 Å². The van der Waals surface area contributed by atoms with Crippen LogP contribution >= 0.6 is 0 Å². The molecule has 0 aliphatic rings. The highest BCUT2D eigenvalue weighted by Gasteiger charge is 2.03. The standard InChI is InChI=1S/C5H11NO2S/c1-4-6-5(2)9(3,7)8/h4H2,1-3H3. The highest BCUT2D eigenvalue weighted by atomic mass is 32.2. The summed E-state index contributed by atoms with van der Waals surface area (Å²) >= 11 is 0. The summed E-state index contributed by atoms with van der Waals surface area (Å²) in [5.41, 5.74) is 0. The SMILES string of the molecule is CCN=C(C)S(C)(=O)=O. The first kappa shape index (κ1) is 8.62. The van der Waals surface area contributed by atoms with Gasteiger partial charge in [-0.25, -0.2) is 8.42 Å². The summed E-state index contributed by atoms with van der Waals surface area (Å²) in [4.78, 5) is 3.72. The van der Waals surface area contributed by atoms with Crippen molar-refractivity contribution in [2.75, 3.05) is 12.8 Å². The normalized spacial score (nSPS) is 13.9. The minimum Gasteiger partial charge on any atom is -0.278 e. The first-order valence-corrected chi connectivity index (χ1v) is 4.58. The van der Waals surface area contributed by atoms with E-state index in [2.05, 4.69) is 4.99 Å². The van der Waals surface area contributed by atoms with Gasteiger partial charge in [-0.3, -0.25) is 4.99 Å². The van der Waals surface area contributed by atoms with Gasteiger partial charge in [0.15, 0.2) is 9.84 Å². The number of sulfone groups is 1. The van der Waals surface area contributed by atoms with Gasteiger partial charge in [0.25, 0.3) is 0 Å². The van der Waals surface area contributed by atoms with Crippen LogP contribution in [0, 0.1) is 0 Å². The van der Waals surface area contributed by atoms with E-state index in [0.29, 0.717) is 6.54 Å². The molecule has 0 bridgehead atoms. The summed E-state index contributed by atoms with van der Waals surface area (Å²) in [6.45, 7) is 3.83. The van der Waals surface area contributed by atoms with E-state index >= 15 is 0 Å². The molecule has 0 rings (SSSR count). The van der Waals surface area contributed by atoms with E-state index in [0.717, 1.165) is 6.26 Å². The lowest BCUT2D eigenvalue weighted by molar-refractivity contribution is 0.612. The molecule has 0 spiro atoms. The third-order valence-electron chi connectivity index (χ3n) is 0.917. The van der Waals surface area contributed by atoms with Crippen LogP contribution in [0.4, 0.5) is 0 Å². The Bertz CT molecular complexity index is 203. The maximum absolute atomic E-state index is 10.6. The van der Waals surface area contributed by atoms with Crippen molar-refractivity contribution in [2.45, 2.75) is 13.8 Å². The van der Waals surface area contributed by atoms with E-state index in [9.17, 15) is 8.42 Å². The van der Waals surface area contributed by atoms with Crippen LogP contribution in [0.25, 0.3) is 0 Å². The molecule has 0 radical (unpaired) electrons. The minimum absolute atomic E-state index is 0.213. The number of aliphatic imine (C=N–C) groups is 1. The molecule has 9 heavy (non-hydrogen) atoms. The molecular formula is C5H11NO2S. The van der Waals surface area contributed by atoms with Gasteiger partial charge < -0.3 is 0 Å². The summed E-state index contributed by atoms with van der Waals surface area (Å²) in [7, 11) is -3.01. The zero-order chi connectivity index (χ0) is 7.49. The lowest BCUT2D eigenvalue weighted by Gasteiger charge is -1.92. The van der Waals surface area contributed by atoms with E-state index in [1.54, 1.807) is 6.92 Å². The lowest BCUT2D eigenvalue weighted by atomic mass is 10.7. The highest BCUT2D eigenvalue weighted by Crippen LogP contribution is 1.87. The van der Waals surface area contributed by atoms with Gasteiger partial charge in [0.2, 0.25) is 0 Å². The second-order valence-electron chi connectivity index (χ2n) is 1.77. The number of rotatable bonds is 1. The average Bonchev–Trinajstić information content (AvgIpc) is 1.64. The number of hydrogen-bond acceptors (Lipinski definition) is 3. The van der Waals surface area contributed by atoms with Crippen molar-refractivity contribution in [2.24, 2.45) is 4.99 Å². The predicted molar refractivity (Wildman–Crippen MR) is 38.5 cm³/mol. The molecule has 0 aromatic heterocycles. The smallest absolute Gasteiger partial charge is 0.188 e. The quantitative estimate of drug-likeness (QED) is 0.402. The molecule has 4 heteroatoms. The summed E-state index contributed by atoms with van der Waals surface area (Å²) in [5.74, 6) is 0. The average molecular weight is 149 g/mol. The van der Waals surface area contributed by atoms with Crippen molar-refractivity contribution in [1.29, 1.82) is 0 Å². The van der Waals surface area contributed by atoms with E-state index in [-0.39, 0.29) is 5.04 Å². The molecule has 0 aliphatic carbocycles. The van der Waals surface area contributed by atoms with Gasteiger partial charge in [0, 0.05) is 12.8 Å². The zero-order valence-electron chi connectivity index (χ0n) is 5.88. The zero-order valence-corrected chi connectivity index (χ0v) is 6.70. The fourth-order valence-corrected chi connectivity index (χ4v) is 0.704. The van der Waals surface area contributed by atoms with Crippen LogP contribution in [0.2, 0.25) is 0 Å². The molecule has 0 amide bonds. The van der Waals surface area contributed by atoms with E-state index < -0.39 is 9.84 Å². The molecule has 0 heterocycles. The molecule has 0 unspecified atom stereocenters. The largest absolute Gasteiger partial charge is 0.278 e. The van der Waals surface area contributed by atoms with Crippen molar-refractivity contribution in [1.82, 2.24) is 0 Å². The molecule has 0 saturated carbocycles. The lowest BCUT2D eigenvalue weighted by Crippen LogP contribution is -2.08. The van der Waals surface area contributed by atoms with Gasteiger partial charge in [-0.05, 0) is 13.8 Å². The van der Waals surface area contributed by atoms with Crippen LogP contribution in [0.15, 0.2) is 4.99 Å². The van der Waals surface area contributed by atoms with Gasteiger partial charge >= 0.3 is 0 Å². The van der Waals surface area contributed by atoms with Crippen molar-refractivity contribution < 1.29 is 8.42 Å². The summed E-state index contributed by atoms with van der Waals surface area (Å²) < 4.78 is 21.2. The first-order chi connectivity index (χ1) is 3.98. The predicted octanol–water partition coefficient (Wildman–Crippen LogP) is 0.469. The second kappa shape index (κ2) is 2.96. The fourth-order valence-electron chi connectivity index (χ4n) is 0.340. The fraction of sp³-hybridized carbons (Fsp3) is 0.800. The summed E-state index contributed by atoms with van der Waals surface area (Å²) in [5, 5.41) is 0.213. The molecule has 0 aromatic rings. The van der Waals surface area contributed by atoms with E-state index in [1.165, 1.54) is 6.92 Å². The molecule has 54 valence electrons. The van der Waals surface area contributed by atoms with Crippen molar-refractivity contribution in [3.63, 3.8) is 0 Å². The Labute approximate surface area is 55.7 Å². The van der Waals surface area contributed by atoms with Crippen LogP contribution in [-0.4, -0.2) is 26.3 Å². The third-order valence-corrected chi connectivity index (χ3v) is 2.12. The maximum atomic E-state index is 10.6. The molecule has 0 N–H and O–H groups in total. The molecule has 0 aromatic carbocycles. The van der Waals surface area contributed by atoms with Gasteiger partial charge in [-0.1, -0.05) is 0 Å². The second-order valence-corrected chi connectivity index (χ2v) is 3.90. The van der Waals surface area contributed by atoms with Crippen LogP contribution in [0.5, 0.6) is 0 Å². The number of nitrogens with zero attached hydrogens (tertiary/aromatic N) is 1. The van der Waals surface area contributed by atoms with Gasteiger partial charge in [-0.2, -0.15) is 0 Å². The van der Waals surface area contributed by atoms with Gasteiger partial charge in [0.1, 0.15) is 5.04 Å². The minimum atomic E-state index is -3.01. The molecule has 3 nitrogen and oxygen atoms in total. The molecular weight excluding hydrogens is 138 g/mol. The Morgan fingerprint density at radius 2 is 2.00 bits per heavy atom. The molecule has 0 fully saturated rings. The van der Waals surface area contributed by atoms with Crippen LogP contribution in [-0.2, 0) is 9.84 Å². The topological polar surface area (TPSA) is 46.5 Å². The van der Waals surface area contributed by atoms with Gasteiger partial charge in [-0.15, -0.1) is 0 Å². The first-order valence-electron chi connectivity index (χ1n) is 2.69. The maximum Gasteiger partial charge on any atom is 0.188 e. The Balaban J connectivity index is 4.41. The van der Waals surface area contributed by atoms with Crippen molar-refractivity contribution in [3.05, 3.63) is 0 Å². The number of hydrogen-bond donors (Lipinski definition) is 0. The van der Waals surface area contributed by atoms with Crippen molar-refractivity contribution in [3.8, 4) is 0 Å². The highest BCUT2D eigenvalue weighted by molar-refractivity contribution is 8.05. The summed E-state index contributed by atoms with van der Waals surface area (Å²) in [6, 6.07) is 0. The van der Waals surface area contributed by atoms with Gasteiger partial charge in [0.05, 0.1) is 0 Å².